The molecule has 1 aliphatic rings. The highest BCUT2D eigenvalue weighted by molar-refractivity contribution is 6.02. The van der Waals surface area contributed by atoms with Crippen LogP contribution in [-0.2, 0) is 11.8 Å². The van der Waals surface area contributed by atoms with E-state index in [1.54, 1.807) is 11.1 Å². The number of nitrogens with zero attached hydrogens (tertiary/aromatic N) is 2. The molecule has 5 heteroatoms. The first-order valence-corrected chi connectivity index (χ1v) is 9.00. The van der Waals surface area contributed by atoms with Crippen molar-refractivity contribution in [1.29, 1.82) is 0 Å². The Labute approximate surface area is 153 Å². The van der Waals surface area contributed by atoms with Gasteiger partial charge in [0.25, 0.3) is 0 Å². The Morgan fingerprint density at radius 3 is 2.81 bits per heavy atom. The van der Waals surface area contributed by atoms with Crippen LogP contribution in [0.5, 0.6) is 0 Å². The topological polar surface area (TPSA) is 75.0 Å². The van der Waals surface area contributed by atoms with Crippen molar-refractivity contribution in [2.24, 2.45) is 5.73 Å². The van der Waals surface area contributed by atoms with Gasteiger partial charge in [0.1, 0.15) is 0 Å². The van der Waals surface area contributed by atoms with Crippen molar-refractivity contribution >= 4 is 22.6 Å². The van der Waals surface area contributed by atoms with Crippen molar-refractivity contribution in [2.75, 3.05) is 4.90 Å². The van der Waals surface area contributed by atoms with E-state index in [4.69, 9.17) is 5.73 Å². The van der Waals surface area contributed by atoms with Gasteiger partial charge < -0.3 is 5.73 Å². The smallest absolute Gasteiger partial charge is 0.319 e. The first kappa shape index (κ1) is 16.6. The van der Waals surface area contributed by atoms with Crippen molar-refractivity contribution < 1.29 is 4.79 Å². The number of aromatic amines is 1. The van der Waals surface area contributed by atoms with Gasteiger partial charge in [-0.05, 0) is 47.1 Å². The zero-order chi connectivity index (χ0) is 18.5. The molecule has 0 aliphatic heterocycles. The summed E-state index contributed by atoms with van der Waals surface area (Å²) in [6, 6.07) is 12.0. The van der Waals surface area contributed by atoms with Gasteiger partial charge in [-0.3, -0.25) is 10.00 Å². The molecule has 0 fully saturated rings. The Morgan fingerprint density at radius 2 is 2.08 bits per heavy atom. The minimum atomic E-state index is -0.434. The molecule has 1 heterocycles. The van der Waals surface area contributed by atoms with Crippen molar-refractivity contribution in [1.82, 2.24) is 10.2 Å². The fraction of sp³-hybridized carbons (Fsp3) is 0.333. The number of nitrogens with two attached hydrogens (primary N) is 1. The van der Waals surface area contributed by atoms with Crippen LogP contribution in [0.25, 0.3) is 10.9 Å². The number of urea groups is 1. The molecule has 134 valence electrons. The van der Waals surface area contributed by atoms with Crippen LogP contribution in [0.4, 0.5) is 10.5 Å². The lowest BCUT2D eigenvalue weighted by molar-refractivity contribution is 0.251. The van der Waals surface area contributed by atoms with Gasteiger partial charge in [0, 0.05) is 5.39 Å². The van der Waals surface area contributed by atoms with Crippen molar-refractivity contribution in [3.63, 3.8) is 0 Å². The number of nitrogens with one attached hydrogen (secondary N) is 1. The quantitative estimate of drug-likeness (QED) is 0.719. The summed E-state index contributed by atoms with van der Waals surface area (Å²) in [4.78, 5) is 14.1. The van der Waals surface area contributed by atoms with E-state index < -0.39 is 6.03 Å². The number of carbonyl (C=O) groups excluding carboxylic acids is 1. The zero-order valence-electron chi connectivity index (χ0n) is 15.4. The average Bonchev–Trinajstić information content (AvgIpc) is 3.21. The molecule has 1 atom stereocenters. The molecular formula is C21H24N4O. The van der Waals surface area contributed by atoms with Gasteiger partial charge in [0.05, 0.1) is 23.4 Å². The average molecular weight is 348 g/mol. The number of benzene rings is 2. The molecule has 1 aliphatic carbocycles. The lowest BCUT2D eigenvalue weighted by atomic mass is 9.85. The maximum absolute atomic E-state index is 12.4. The van der Waals surface area contributed by atoms with E-state index >= 15 is 0 Å². The Morgan fingerprint density at radius 1 is 1.27 bits per heavy atom. The molecular weight excluding hydrogens is 324 g/mol. The second-order valence-electron chi connectivity index (χ2n) is 8.03. The number of aryl methyl sites for hydroxylation is 1. The lowest BCUT2D eigenvalue weighted by Crippen LogP contribution is -2.38. The van der Waals surface area contributed by atoms with E-state index in [0.717, 1.165) is 29.4 Å². The Hall–Kier alpha value is -2.82. The monoisotopic (exact) mass is 348 g/mol. The fourth-order valence-corrected chi connectivity index (χ4v) is 3.93. The summed E-state index contributed by atoms with van der Waals surface area (Å²) in [5.74, 6) is 0. The van der Waals surface area contributed by atoms with Crippen LogP contribution >= 0.6 is 0 Å². The lowest BCUT2D eigenvalue weighted by Gasteiger charge is -2.29. The van der Waals surface area contributed by atoms with Gasteiger partial charge in [-0.25, -0.2) is 4.79 Å². The van der Waals surface area contributed by atoms with Gasteiger partial charge in [0.2, 0.25) is 0 Å². The van der Waals surface area contributed by atoms with E-state index in [0.29, 0.717) is 0 Å². The number of aromatic nitrogens is 2. The molecule has 1 aromatic heterocycles. The molecule has 0 saturated carbocycles. The molecule has 0 saturated heterocycles. The highest BCUT2D eigenvalue weighted by atomic mass is 16.2. The summed E-state index contributed by atoms with van der Waals surface area (Å²) in [6.45, 7) is 6.66. The second kappa shape index (κ2) is 5.87. The molecule has 3 aromatic rings. The van der Waals surface area contributed by atoms with Crippen LogP contribution in [0.1, 0.15) is 49.9 Å². The van der Waals surface area contributed by atoms with E-state index in [9.17, 15) is 4.79 Å². The van der Waals surface area contributed by atoms with Crippen molar-refractivity contribution in [3.05, 3.63) is 59.3 Å². The summed E-state index contributed by atoms with van der Waals surface area (Å²) >= 11 is 0. The predicted octanol–water partition coefficient (Wildman–Crippen LogP) is 4.43. The number of rotatable bonds is 2. The van der Waals surface area contributed by atoms with Crippen LogP contribution in [-0.4, -0.2) is 16.2 Å². The first-order valence-electron chi connectivity index (χ1n) is 9.00. The number of hydrogen-bond acceptors (Lipinski definition) is 2. The maximum atomic E-state index is 12.4. The van der Waals surface area contributed by atoms with Crippen molar-refractivity contribution in [2.45, 2.75) is 45.1 Å². The molecule has 26 heavy (non-hydrogen) atoms. The second-order valence-corrected chi connectivity index (χ2v) is 8.03. The molecule has 5 nitrogen and oxygen atoms in total. The zero-order valence-corrected chi connectivity index (χ0v) is 15.4. The minimum absolute atomic E-state index is 0.0444. The Kier molecular flexibility index (Phi) is 3.75. The summed E-state index contributed by atoms with van der Waals surface area (Å²) in [7, 11) is 0. The molecule has 0 radical (unpaired) electrons. The van der Waals surface area contributed by atoms with E-state index in [1.807, 2.05) is 18.2 Å². The summed E-state index contributed by atoms with van der Waals surface area (Å²) in [5, 5.41) is 7.98. The highest BCUT2D eigenvalue weighted by Gasteiger charge is 2.33. The Balaban J connectivity index is 1.80. The van der Waals surface area contributed by atoms with Gasteiger partial charge in [-0.15, -0.1) is 0 Å². The van der Waals surface area contributed by atoms with Gasteiger partial charge in [0.15, 0.2) is 0 Å². The van der Waals surface area contributed by atoms with Gasteiger partial charge in [-0.2, -0.15) is 5.10 Å². The van der Waals surface area contributed by atoms with Crippen LogP contribution < -0.4 is 10.6 Å². The number of carbonyl (C=O) groups is 1. The molecule has 4 rings (SSSR count). The van der Waals surface area contributed by atoms with Crippen LogP contribution in [0.15, 0.2) is 42.6 Å². The summed E-state index contributed by atoms with van der Waals surface area (Å²) in [5.41, 5.74) is 11.5. The predicted molar refractivity (Wildman–Crippen MR) is 104 cm³/mol. The highest BCUT2D eigenvalue weighted by Crippen LogP contribution is 2.41. The van der Waals surface area contributed by atoms with Crippen LogP contribution in [0.3, 0.4) is 0 Å². The largest absolute Gasteiger partial charge is 0.351 e. The molecule has 0 spiro atoms. The third-order valence-corrected chi connectivity index (χ3v) is 5.33. The number of fused-ring (bicyclic) bond motifs is 2. The molecule has 2 amide bonds. The normalized spacial score (nSPS) is 16.7. The van der Waals surface area contributed by atoms with Gasteiger partial charge in [-0.1, -0.05) is 45.0 Å². The van der Waals surface area contributed by atoms with E-state index in [1.165, 1.54) is 16.7 Å². The summed E-state index contributed by atoms with van der Waals surface area (Å²) < 4.78 is 0. The molecule has 0 bridgehead atoms. The Bertz CT molecular complexity index is 983. The fourth-order valence-electron chi connectivity index (χ4n) is 3.93. The molecule has 1 unspecified atom stereocenters. The number of amides is 2. The van der Waals surface area contributed by atoms with Crippen molar-refractivity contribution in [3.8, 4) is 0 Å². The minimum Gasteiger partial charge on any atom is -0.351 e. The number of hydrogen-bond donors (Lipinski definition) is 2. The van der Waals surface area contributed by atoms with Gasteiger partial charge >= 0.3 is 6.03 Å². The molecule has 2 aromatic carbocycles. The number of primary amides is 1. The third-order valence-electron chi connectivity index (χ3n) is 5.33. The van der Waals surface area contributed by atoms with Crippen LogP contribution in [0, 0.1) is 0 Å². The number of anilines is 1. The molecule has 3 N–H and O–H groups in total. The first-order chi connectivity index (χ1) is 12.4. The SMILES string of the molecule is CC(C)(C)c1ccc2c(c1)CCC2N(C(N)=O)c1cccc2[nH]ncc12. The standard InChI is InChI=1S/C21H24N4O/c1-21(2,3)14-8-9-15-13(11-14)7-10-19(15)25(20(22)26)18-6-4-5-17-16(18)12-23-24-17/h4-6,8-9,11-12,19H,7,10H2,1-3H3,(H2,22,26)(H,23,24). The van der Waals surface area contributed by atoms with E-state index in [2.05, 4.69) is 49.2 Å². The number of H-pyrrole nitrogens is 1. The summed E-state index contributed by atoms with van der Waals surface area (Å²) in [6.07, 6.45) is 3.58. The van der Waals surface area contributed by atoms with Crippen LogP contribution in [0.2, 0.25) is 0 Å². The van der Waals surface area contributed by atoms with E-state index in [-0.39, 0.29) is 11.5 Å². The third kappa shape index (κ3) is 2.64. The maximum Gasteiger partial charge on any atom is 0.319 e.